The van der Waals surface area contributed by atoms with Gasteiger partial charge in [-0.25, -0.2) is 4.79 Å². The van der Waals surface area contributed by atoms with Crippen LogP contribution in [-0.4, -0.2) is 32.3 Å². The van der Waals surface area contributed by atoms with E-state index < -0.39 is 5.69 Å². The SMILES string of the molecule is COc1ccc(N2CCn3c2nc2c3c(=O)n(C/C=C(/C)Cl)c(=O)n2C)cc1. The van der Waals surface area contributed by atoms with Crippen molar-refractivity contribution in [3.05, 3.63) is 56.2 Å². The van der Waals surface area contributed by atoms with Gasteiger partial charge in [-0.05, 0) is 31.2 Å². The number of fused-ring (bicyclic) bond motifs is 3. The molecule has 0 saturated heterocycles. The summed E-state index contributed by atoms with van der Waals surface area (Å²) in [6.07, 6.45) is 1.64. The number of hydrogen-bond donors (Lipinski definition) is 0. The van der Waals surface area contributed by atoms with Gasteiger partial charge in [0.2, 0.25) is 5.95 Å². The van der Waals surface area contributed by atoms with Crippen LogP contribution in [0, 0.1) is 0 Å². The standard InChI is InChI=1S/C19H20ClN5O3/c1-12(20)8-9-25-17(26)15-16(22(2)19(25)27)21-18-23(10-11-24(15)18)13-4-6-14(28-3)7-5-13/h4-8H,9-11H2,1-3H3/b12-8-. The molecule has 0 aliphatic carbocycles. The van der Waals surface area contributed by atoms with Crippen LogP contribution in [0.3, 0.4) is 0 Å². The first-order valence-corrected chi connectivity index (χ1v) is 9.24. The van der Waals surface area contributed by atoms with Crippen LogP contribution in [0.2, 0.25) is 0 Å². The molecule has 1 aliphatic rings. The summed E-state index contributed by atoms with van der Waals surface area (Å²) in [5.41, 5.74) is 0.975. The van der Waals surface area contributed by atoms with E-state index in [1.165, 1.54) is 9.13 Å². The van der Waals surface area contributed by atoms with Gasteiger partial charge in [0.25, 0.3) is 5.56 Å². The summed E-state index contributed by atoms with van der Waals surface area (Å²) >= 11 is 5.88. The highest BCUT2D eigenvalue weighted by Crippen LogP contribution is 2.32. The zero-order valence-electron chi connectivity index (χ0n) is 15.8. The summed E-state index contributed by atoms with van der Waals surface area (Å²) in [5.74, 6) is 1.42. The van der Waals surface area contributed by atoms with Crippen molar-refractivity contribution in [3.8, 4) is 5.75 Å². The highest BCUT2D eigenvalue weighted by atomic mass is 35.5. The van der Waals surface area contributed by atoms with Crippen LogP contribution < -0.4 is 20.9 Å². The number of methoxy groups -OCH3 is 1. The van der Waals surface area contributed by atoms with Crippen molar-refractivity contribution < 1.29 is 4.74 Å². The second-order valence-corrected chi connectivity index (χ2v) is 7.23. The predicted molar refractivity (Wildman–Crippen MR) is 109 cm³/mol. The van der Waals surface area contributed by atoms with E-state index in [0.29, 0.717) is 35.2 Å². The topological polar surface area (TPSA) is 74.3 Å². The third-order valence-corrected chi connectivity index (χ3v) is 5.09. The lowest BCUT2D eigenvalue weighted by Crippen LogP contribution is -2.39. The van der Waals surface area contributed by atoms with E-state index in [1.54, 1.807) is 27.2 Å². The summed E-state index contributed by atoms with van der Waals surface area (Å²) in [5, 5.41) is 0.526. The average molecular weight is 402 g/mol. The number of benzene rings is 1. The zero-order valence-corrected chi connectivity index (χ0v) is 16.6. The fourth-order valence-corrected chi connectivity index (χ4v) is 3.53. The number of hydrogen-bond acceptors (Lipinski definition) is 5. The van der Waals surface area contributed by atoms with Gasteiger partial charge in [-0.2, -0.15) is 4.98 Å². The van der Waals surface area contributed by atoms with Crippen molar-refractivity contribution in [3.63, 3.8) is 0 Å². The number of aromatic nitrogens is 4. The van der Waals surface area contributed by atoms with Crippen molar-refractivity contribution in [2.45, 2.75) is 20.0 Å². The molecule has 0 saturated carbocycles. The molecule has 0 bridgehead atoms. The summed E-state index contributed by atoms with van der Waals surface area (Å²) in [4.78, 5) is 32.3. The lowest BCUT2D eigenvalue weighted by molar-refractivity contribution is 0.415. The Morgan fingerprint density at radius 2 is 1.96 bits per heavy atom. The highest BCUT2D eigenvalue weighted by Gasteiger charge is 2.28. The van der Waals surface area contributed by atoms with E-state index in [9.17, 15) is 9.59 Å². The van der Waals surface area contributed by atoms with Crippen LogP contribution in [0.5, 0.6) is 5.75 Å². The Hall–Kier alpha value is -3.00. The van der Waals surface area contributed by atoms with Crippen LogP contribution in [0.25, 0.3) is 11.2 Å². The first-order chi connectivity index (χ1) is 13.4. The minimum Gasteiger partial charge on any atom is -0.497 e. The van der Waals surface area contributed by atoms with Crippen LogP contribution >= 0.6 is 11.6 Å². The molecule has 1 aromatic carbocycles. The van der Waals surface area contributed by atoms with E-state index in [2.05, 4.69) is 4.98 Å². The molecular formula is C19H20ClN5O3. The number of aryl methyl sites for hydroxylation is 1. The van der Waals surface area contributed by atoms with E-state index in [0.717, 1.165) is 11.4 Å². The smallest absolute Gasteiger partial charge is 0.332 e. The third kappa shape index (κ3) is 2.80. The molecule has 28 heavy (non-hydrogen) atoms. The number of rotatable bonds is 4. The van der Waals surface area contributed by atoms with Crippen molar-refractivity contribution in [1.29, 1.82) is 0 Å². The monoisotopic (exact) mass is 401 g/mol. The Labute approximate surface area is 165 Å². The van der Waals surface area contributed by atoms with Crippen molar-refractivity contribution in [2.24, 2.45) is 7.05 Å². The molecule has 9 heteroatoms. The fourth-order valence-electron chi connectivity index (χ4n) is 3.46. The first kappa shape index (κ1) is 18.4. The van der Waals surface area contributed by atoms with Gasteiger partial charge < -0.3 is 14.2 Å². The minimum absolute atomic E-state index is 0.124. The van der Waals surface area contributed by atoms with E-state index in [-0.39, 0.29) is 12.1 Å². The van der Waals surface area contributed by atoms with Crippen molar-refractivity contribution in [2.75, 3.05) is 18.6 Å². The molecule has 3 aromatic rings. The Balaban J connectivity index is 1.88. The molecule has 2 aromatic heterocycles. The van der Waals surface area contributed by atoms with Crippen LogP contribution in [0.15, 0.2) is 45.0 Å². The first-order valence-electron chi connectivity index (χ1n) is 8.86. The molecule has 0 unspecified atom stereocenters. The molecule has 1 aliphatic heterocycles. The third-order valence-electron chi connectivity index (χ3n) is 4.94. The molecule has 0 spiro atoms. The molecule has 146 valence electrons. The lowest BCUT2D eigenvalue weighted by atomic mass is 10.3. The van der Waals surface area contributed by atoms with Gasteiger partial charge in [0.05, 0.1) is 13.7 Å². The number of imidazole rings is 1. The minimum atomic E-state index is -0.417. The van der Waals surface area contributed by atoms with E-state index >= 15 is 0 Å². The quantitative estimate of drug-likeness (QED) is 0.670. The van der Waals surface area contributed by atoms with Crippen molar-refractivity contribution >= 4 is 34.4 Å². The average Bonchev–Trinajstić information content (AvgIpc) is 3.25. The largest absolute Gasteiger partial charge is 0.497 e. The summed E-state index contributed by atoms with van der Waals surface area (Å²) in [6, 6.07) is 7.65. The predicted octanol–water partition coefficient (Wildman–Crippen LogP) is 2.20. The van der Waals surface area contributed by atoms with Gasteiger partial charge in [0.1, 0.15) is 5.75 Å². The van der Waals surface area contributed by atoms with Gasteiger partial charge in [0.15, 0.2) is 11.2 Å². The van der Waals surface area contributed by atoms with Crippen LogP contribution in [0.4, 0.5) is 11.6 Å². The number of anilines is 2. The zero-order chi connectivity index (χ0) is 20.0. The van der Waals surface area contributed by atoms with Crippen LogP contribution in [-0.2, 0) is 20.1 Å². The summed E-state index contributed by atoms with van der Waals surface area (Å²) in [7, 11) is 3.25. The normalized spacial score (nSPS) is 14.0. The molecule has 3 heterocycles. The fraction of sp³-hybridized carbons (Fsp3) is 0.316. The van der Waals surface area contributed by atoms with Crippen LogP contribution in [0.1, 0.15) is 6.92 Å². The lowest BCUT2D eigenvalue weighted by Gasteiger charge is -2.16. The Kier molecular flexibility index (Phi) is 4.50. The maximum Gasteiger partial charge on any atom is 0.332 e. The Morgan fingerprint density at radius 3 is 2.61 bits per heavy atom. The second kappa shape index (κ2) is 6.87. The maximum absolute atomic E-state index is 13.0. The number of allylic oxidation sites excluding steroid dienone is 2. The van der Waals surface area contributed by atoms with Crippen molar-refractivity contribution in [1.82, 2.24) is 18.7 Å². The molecule has 8 nitrogen and oxygen atoms in total. The van der Waals surface area contributed by atoms with Gasteiger partial charge in [-0.3, -0.25) is 13.9 Å². The van der Waals surface area contributed by atoms with Gasteiger partial charge in [-0.15, -0.1) is 0 Å². The Bertz CT molecular complexity index is 1200. The van der Waals surface area contributed by atoms with E-state index in [1.807, 2.05) is 33.7 Å². The molecule has 4 rings (SSSR count). The van der Waals surface area contributed by atoms with Gasteiger partial charge in [-0.1, -0.05) is 17.7 Å². The molecule has 0 atom stereocenters. The molecule has 0 radical (unpaired) electrons. The molecule has 0 fully saturated rings. The number of nitrogens with zero attached hydrogens (tertiary/aromatic N) is 5. The Morgan fingerprint density at radius 1 is 1.25 bits per heavy atom. The second-order valence-electron chi connectivity index (χ2n) is 6.63. The molecule has 0 N–H and O–H groups in total. The van der Waals surface area contributed by atoms with Gasteiger partial charge in [0, 0.05) is 30.9 Å². The molecular weight excluding hydrogens is 382 g/mol. The number of ether oxygens (including phenoxy) is 1. The van der Waals surface area contributed by atoms with E-state index in [4.69, 9.17) is 16.3 Å². The van der Waals surface area contributed by atoms with Gasteiger partial charge >= 0.3 is 5.69 Å². The summed E-state index contributed by atoms with van der Waals surface area (Å²) in [6.45, 7) is 3.13. The number of halogens is 1. The maximum atomic E-state index is 13.0. The highest BCUT2D eigenvalue weighted by molar-refractivity contribution is 6.29. The summed E-state index contributed by atoms with van der Waals surface area (Å²) < 4.78 is 9.67. The molecule has 0 amide bonds.